The molecule has 2 aromatic heterocycles. The molecule has 2 fully saturated rings. The molecular formula is C14H21N6O6P. The normalized spacial score (nSPS) is 30.8. The van der Waals surface area contributed by atoms with Crippen molar-refractivity contribution in [3.63, 3.8) is 0 Å². The summed E-state index contributed by atoms with van der Waals surface area (Å²) in [4.78, 5) is 22.3. The van der Waals surface area contributed by atoms with Crippen molar-refractivity contribution in [2.45, 2.75) is 24.5 Å². The van der Waals surface area contributed by atoms with E-state index >= 15 is 0 Å². The third-order valence-electron chi connectivity index (χ3n) is 4.58. The third-order valence-corrected chi connectivity index (χ3v) is 5.85. The summed E-state index contributed by atoms with van der Waals surface area (Å²) in [6.07, 6.45) is -1.44. The minimum atomic E-state index is -1.82. The van der Waals surface area contributed by atoms with Crippen molar-refractivity contribution in [3.8, 4) is 0 Å². The van der Waals surface area contributed by atoms with E-state index in [1.807, 2.05) is 0 Å². The van der Waals surface area contributed by atoms with Crippen LogP contribution >= 0.6 is 8.53 Å². The number of imidazole rings is 1. The van der Waals surface area contributed by atoms with Crippen LogP contribution in [0.25, 0.3) is 11.2 Å². The number of aromatic nitrogens is 4. The maximum Gasteiger partial charge on any atom is 0.256 e. The molecule has 5 N–H and O–H groups in total. The zero-order valence-electron chi connectivity index (χ0n) is 14.3. The topological polar surface area (TPSA) is 161 Å². The quantitative estimate of drug-likeness (QED) is 0.437. The largest absolute Gasteiger partial charge is 0.387 e. The smallest absolute Gasteiger partial charge is 0.256 e. The van der Waals surface area contributed by atoms with Gasteiger partial charge in [0.2, 0.25) is 0 Å². The minimum Gasteiger partial charge on any atom is -0.387 e. The van der Waals surface area contributed by atoms with Gasteiger partial charge in [0.25, 0.3) is 8.53 Å². The minimum absolute atomic E-state index is 0.0714. The van der Waals surface area contributed by atoms with Gasteiger partial charge in [-0.15, -0.1) is 0 Å². The second-order valence-electron chi connectivity index (χ2n) is 6.24. The van der Waals surface area contributed by atoms with Gasteiger partial charge in [-0.25, -0.2) is 19.6 Å². The summed E-state index contributed by atoms with van der Waals surface area (Å²) < 4.78 is 19.7. The molecule has 5 unspecified atom stereocenters. The Labute approximate surface area is 155 Å². The van der Waals surface area contributed by atoms with Crippen LogP contribution in [-0.4, -0.2) is 90.5 Å². The van der Waals surface area contributed by atoms with Crippen molar-refractivity contribution in [3.05, 3.63) is 12.7 Å². The van der Waals surface area contributed by atoms with E-state index in [0.29, 0.717) is 37.5 Å². The number of morpholine rings is 1. The van der Waals surface area contributed by atoms with Gasteiger partial charge in [0.05, 0.1) is 26.1 Å². The van der Waals surface area contributed by atoms with Crippen LogP contribution in [0.2, 0.25) is 0 Å². The molecule has 2 aliphatic rings. The molecule has 13 heteroatoms. The van der Waals surface area contributed by atoms with E-state index in [1.165, 1.54) is 17.2 Å². The maximum atomic E-state index is 10.4. The molecule has 5 atom stereocenters. The molecule has 148 valence electrons. The number of hydrogen-bond acceptors (Lipinski definition) is 11. The third kappa shape index (κ3) is 3.62. The number of nitrogens with zero attached hydrogens (tertiary/aromatic N) is 5. The Bertz CT molecular complexity index is 789. The molecule has 0 spiro atoms. The Morgan fingerprint density at radius 2 is 2.00 bits per heavy atom. The van der Waals surface area contributed by atoms with Crippen LogP contribution in [-0.2, 0) is 14.0 Å². The van der Waals surface area contributed by atoms with Gasteiger partial charge in [-0.1, -0.05) is 0 Å². The second-order valence-corrected chi connectivity index (χ2v) is 7.57. The van der Waals surface area contributed by atoms with Crippen LogP contribution in [0.5, 0.6) is 0 Å². The van der Waals surface area contributed by atoms with Crippen LogP contribution in [0.4, 0.5) is 5.82 Å². The highest BCUT2D eigenvalue weighted by molar-refractivity contribution is 7.43. The standard InChI is InChI=1S/C14H21N6O6P/c15-12-9-13(17-6-16-12)20(7-18-9)14-11(22)10(21)8(26-14)5-25-27(23)19-1-3-24-4-2-19/h6-8,10-11,14,21-23H,1-5H2,(H2,15,16,17). The first-order valence-electron chi connectivity index (χ1n) is 8.45. The maximum absolute atomic E-state index is 10.4. The molecule has 0 aromatic carbocycles. The Balaban J connectivity index is 1.43. The summed E-state index contributed by atoms with van der Waals surface area (Å²) >= 11 is 0. The average Bonchev–Trinajstić information content (AvgIpc) is 3.23. The Morgan fingerprint density at radius 3 is 2.78 bits per heavy atom. The van der Waals surface area contributed by atoms with Crippen LogP contribution in [0.1, 0.15) is 6.23 Å². The van der Waals surface area contributed by atoms with Gasteiger partial charge >= 0.3 is 0 Å². The predicted octanol–water partition coefficient (Wildman–Crippen LogP) is -1.40. The summed E-state index contributed by atoms with van der Waals surface area (Å²) in [6.45, 7) is 2.14. The fourth-order valence-corrected chi connectivity index (χ4v) is 4.05. The molecule has 0 bridgehead atoms. The van der Waals surface area contributed by atoms with E-state index in [2.05, 4.69) is 15.0 Å². The summed E-state index contributed by atoms with van der Waals surface area (Å²) in [5, 5.41) is 20.7. The number of nitrogens with two attached hydrogens (primary N) is 1. The average molecular weight is 400 g/mol. The molecule has 2 saturated heterocycles. The fourth-order valence-electron chi connectivity index (χ4n) is 3.10. The first-order chi connectivity index (χ1) is 13.1. The highest BCUT2D eigenvalue weighted by atomic mass is 31.2. The lowest BCUT2D eigenvalue weighted by Crippen LogP contribution is -2.35. The summed E-state index contributed by atoms with van der Waals surface area (Å²) in [7, 11) is -1.82. The highest BCUT2D eigenvalue weighted by Gasteiger charge is 2.45. The van der Waals surface area contributed by atoms with Gasteiger partial charge in [-0.05, 0) is 0 Å². The zero-order valence-corrected chi connectivity index (χ0v) is 15.2. The van der Waals surface area contributed by atoms with Gasteiger partial charge in [0.1, 0.15) is 30.2 Å². The Morgan fingerprint density at radius 1 is 1.22 bits per heavy atom. The first kappa shape index (κ1) is 18.8. The van der Waals surface area contributed by atoms with E-state index in [1.54, 1.807) is 4.67 Å². The summed E-state index contributed by atoms with van der Waals surface area (Å²) in [5.41, 5.74) is 6.54. The highest BCUT2D eigenvalue weighted by Crippen LogP contribution is 2.39. The number of ether oxygens (including phenoxy) is 2. The SMILES string of the molecule is Nc1ncnc2c1ncn2C1OC(COP(O)N2CCOCC2)C(O)C1O. The van der Waals surface area contributed by atoms with Gasteiger partial charge in [-0.3, -0.25) is 4.57 Å². The van der Waals surface area contributed by atoms with Crippen LogP contribution in [0, 0.1) is 0 Å². The number of anilines is 1. The van der Waals surface area contributed by atoms with Crippen LogP contribution in [0.3, 0.4) is 0 Å². The van der Waals surface area contributed by atoms with Gasteiger partial charge < -0.3 is 34.8 Å². The molecule has 4 heterocycles. The number of nitrogen functional groups attached to an aromatic ring is 1. The zero-order chi connectivity index (χ0) is 19.0. The molecule has 2 aliphatic heterocycles. The summed E-state index contributed by atoms with van der Waals surface area (Å²) in [6, 6.07) is 0. The monoisotopic (exact) mass is 400 g/mol. The predicted molar refractivity (Wildman–Crippen MR) is 93.1 cm³/mol. The molecule has 4 rings (SSSR count). The number of fused-ring (bicyclic) bond motifs is 1. The molecular weight excluding hydrogens is 379 g/mol. The molecule has 0 radical (unpaired) electrons. The van der Waals surface area contributed by atoms with Crippen molar-refractivity contribution in [1.29, 1.82) is 0 Å². The van der Waals surface area contributed by atoms with Gasteiger partial charge in [0, 0.05) is 13.1 Å². The number of aliphatic hydroxyl groups excluding tert-OH is 2. The molecule has 0 amide bonds. The van der Waals surface area contributed by atoms with Crippen molar-refractivity contribution in [2.24, 2.45) is 0 Å². The van der Waals surface area contributed by atoms with Crippen molar-refractivity contribution < 1.29 is 29.1 Å². The molecule has 27 heavy (non-hydrogen) atoms. The van der Waals surface area contributed by atoms with E-state index in [4.69, 9.17) is 19.7 Å². The molecule has 2 aromatic rings. The van der Waals surface area contributed by atoms with Crippen molar-refractivity contribution >= 4 is 25.5 Å². The molecule has 0 aliphatic carbocycles. The first-order valence-corrected chi connectivity index (χ1v) is 9.62. The number of rotatable bonds is 5. The van der Waals surface area contributed by atoms with Crippen LogP contribution < -0.4 is 5.73 Å². The lowest BCUT2D eigenvalue weighted by Gasteiger charge is -2.29. The van der Waals surface area contributed by atoms with Gasteiger partial charge in [0.15, 0.2) is 17.7 Å². The van der Waals surface area contributed by atoms with Crippen LogP contribution in [0.15, 0.2) is 12.7 Å². The van der Waals surface area contributed by atoms with Crippen molar-refractivity contribution in [2.75, 3.05) is 38.6 Å². The molecule has 12 nitrogen and oxygen atoms in total. The lowest BCUT2D eigenvalue weighted by molar-refractivity contribution is -0.0487. The van der Waals surface area contributed by atoms with Crippen molar-refractivity contribution in [1.82, 2.24) is 24.2 Å². The Kier molecular flexibility index (Phi) is 5.48. The lowest BCUT2D eigenvalue weighted by atomic mass is 10.1. The van der Waals surface area contributed by atoms with E-state index in [-0.39, 0.29) is 12.4 Å². The second kappa shape index (κ2) is 7.86. The number of hydrogen-bond donors (Lipinski definition) is 4. The summed E-state index contributed by atoms with van der Waals surface area (Å²) in [5.74, 6) is 0.211. The van der Waals surface area contributed by atoms with E-state index < -0.39 is 33.1 Å². The van der Waals surface area contributed by atoms with E-state index in [9.17, 15) is 15.1 Å². The fraction of sp³-hybridized carbons (Fsp3) is 0.643. The molecule has 0 saturated carbocycles. The Hall–Kier alpha value is -1.50. The van der Waals surface area contributed by atoms with E-state index in [0.717, 1.165) is 0 Å². The van der Waals surface area contributed by atoms with Gasteiger partial charge in [-0.2, -0.15) is 0 Å². The number of aliphatic hydroxyl groups is 2.